The molecule has 0 radical (unpaired) electrons. The van der Waals surface area contributed by atoms with Gasteiger partial charge in [0.15, 0.2) is 0 Å². The number of rotatable bonds is 4. The second kappa shape index (κ2) is 17.8. The van der Waals surface area contributed by atoms with Crippen molar-refractivity contribution < 1.29 is 9.59 Å². The second-order valence-electron chi connectivity index (χ2n) is 5.38. The van der Waals surface area contributed by atoms with Gasteiger partial charge < -0.3 is 19.8 Å². The van der Waals surface area contributed by atoms with Crippen molar-refractivity contribution in [3.63, 3.8) is 0 Å². The highest BCUT2D eigenvalue weighted by atomic mass is 16.1. The molecule has 0 aromatic carbocycles. The van der Waals surface area contributed by atoms with Crippen molar-refractivity contribution in [2.24, 2.45) is 11.8 Å². The summed E-state index contributed by atoms with van der Waals surface area (Å²) in [6.07, 6.45) is 9.47. The molecule has 2 unspecified atom stereocenters. The number of hydrogen-bond donors (Lipinski definition) is 1. The number of carbonyl (C=O) groups excluding carboxylic acids is 2. The third-order valence-electron chi connectivity index (χ3n) is 3.10. The molecule has 1 N–H and O–H groups in total. The van der Waals surface area contributed by atoms with Gasteiger partial charge in [0.1, 0.15) is 11.6 Å². The predicted octanol–water partition coefficient (Wildman–Crippen LogP) is 4.43. The standard InChI is InChI=1S/C8H13NO.C7H11NO.2C2H6.CH4/c1-7(10)5-8-3-4-9(2)6-8;1-6(9)4-7-2-3-8-5-7;2*1-2;/h3-4,8H,5-6H2,1-2H3;2-3,7-8H,4-5H2,1H3;2*1-2H3;1H4. The quantitative estimate of drug-likeness (QED) is 0.822. The Bertz CT molecular complexity index is 376. The zero-order valence-electron chi connectivity index (χ0n) is 16.1. The Kier molecular flexibility index (Phi) is 20.2. The lowest BCUT2D eigenvalue weighted by atomic mass is 10.1. The zero-order chi connectivity index (χ0) is 18.3. The van der Waals surface area contributed by atoms with E-state index in [-0.39, 0.29) is 19.0 Å². The van der Waals surface area contributed by atoms with Gasteiger partial charge in [-0.05, 0) is 26.2 Å². The van der Waals surface area contributed by atoms with Gasteiger partial charge in [-0.2, -0.15) is 0 Å². The first kappa shape index (κ1) is 27.3. The van der Waals surface area contributed by atoms with E-state index in [2.05, 4.69) is 16.3 Å². The summed E-state index contributed by atoms with van der Waals surface area (Å²) in [5.41, 5.74) is 0. The van der Waals surface area contributed by atoms with Gasteiger partial charge in [-0.1, -0.05) is 47.3 Å². The van der Waals surface area contributed by atoms with Crippen LogP contribution in [-0.2, 0) is 9.59 Å². The highest BCUT2D eigenvalue weighted by Gasteiger charge is 2.13. The first-order valence-electron chi connectivity index (χ1n) is 8.75. The summed E-state index contributed by atoms with van der Waals surface area (Å²) in [7, 11) is 2.02. The van der Waals surface area contributed by atoms with Crippen molar-refractivity contribution in [1.29, 1.82) is 0 Å². The average Bonchev–Trinajstić information content (AvgIpc) is 3.15. The number of Topliss-reactive ketones (excluding diaryl/α,β-unsaturated/α-hetero) is 2. The Labute approximate surface area is 150 Å². The normalized spacial score (nSPS) is 19.4. The third-order valence-corrected chi connectivity index (χ3v) is 3.10. The highest BCUT2D eigenvalue weighted by Crippen LogP contribution is 2.14. The maximum atomic E-state index is 10.7. The van der Waals surface area contributed by atoms with Crippen LogP contribution in [0, 0.1) is 11.8 Å². The van der Waals surface area contributed by atoms with E-state index in [1.807, 2.05) is 53.2 Å². The molecule has 0 aromatic heterocycles. The Morgan fingerprint density at radius 1 is 1.00 bits per heavy atom. The molecule has 2 rings (SSSR count). The van der Waals surface area contributed by atoms with E-state index in [1.165, 1.54) is 0 Å². The summed E-state index contributed by atoms with van der Waals surface area (Å²) in [6, 6.07) is 0. The lowest BCUT2D eigenvalue weighted by Crippen LogP contribution is -2.14. The first-order chi connectivity index (χ1) is 11.0. The molecule has 4 nitrogen and oxygen atoms in total. The van der Waals surface area contributed by atoms with Crippen molar-refractivity contribution in [3.05, 3.63) is 24.6 Å². The third kappa shape index (κ3) is 15.3. The molecular formula is C20H40N2O2. The molecule has 4 heteroatoms. The fraction of sp³-hybridized carbons (Fsp3) is 0.700. The van der Waals surface area contributed by atoms with Gasteiger partial charge in [-0.25, -0.2) is 0 Å². The molecule has 142 valence electrons. The molecule has 0 bridgehead atoms. The van der Waals surface area contributed by atoms with Gasteiger partial charge in [0.2, 0.25) is 0 Å². The van der Waals surface area contributed by atoms with Crippen LogP contribution in [0.3, 0.4) is 0 Å². The molecule has 2 heterocycles. The van der Waals surface area contributed by atoms with Crippen LogP contribution in [0.2, 0.25) is 0 Å². The highest BCUT2D eigenvalue weighted by molar-refractivity contribution is 5.76. The monoisotopic (exact) mass is 340 g/mol. The predicted molar refractivity (Wildman–Crippen MR) is 106 cm³/mol. The van der Waals surface area contributed by atoms with Crippen LogP contribution in [0.5, 0.6) is 0 Å². The van der Waals surface area contributed by atoms with Crippen molar-refractivity contribution >= 4 is 11.6 Å². The van der Waals surface area contributed by atoms with Crippen LogP contribution in [-0.4, -0.2) is 36.6 Å². The Morgan fingerprint density at radius 3 is 1.83 bits per heavy atom. The minimum atomic E-state index is 0. The van der Waals surface area contributed by atoms with E-state index < -0.39 is 0 Å². The smallest absolute Gasteiger partial charge is 0.130 e. The van der Waals surface area contributed by atoms with E-state index in [1.54, 1.807) is 13.8 Å². The molecule has 0 saturated carbocycles. The Balaban J connectivity index is -0.000000295. The maximum Gasteiger partial charge on any atom is 0.130 e. The van der Waals surface area contributed by atoms with Crippen LogP contribution in [0.25, 0.3) is 0 Å². The van der Waals surface area contributed by atoms with Gasteiger partial charge in [-0.3, -0.25) is 0 Å². The number of carbonyl (C=O) groups is 2. The Hall–Kier alpha value is -1.58. The molecular weight excluding hydrogens is 300 g/mol. The van der Waals surface area contributed by atoms with E-state index in [4.69, 9.17) is 0 Å². The fourth-order valence-electron chi connectivity index (χ4n) is 2.26. The molecule has 0 saturated heterocycles. The molecule has 2 aliphatic rings. The van der Waals surface area contributed by atoms with Gasteiger partial charge in [0.05, 0.1) is 0 Å². The number of nitrogens with one attached hydrogen (secondary N) is 1. The summed E-state index contributed by atoms with van der Waals surface area (Å²) >= 11 is 0. The molecule has 0 fully saturated rings. The van der Waals surface area contributed by atoms with Crippen LogP contribution < -0.4 is 5.32 Å². The van der Waals surface area contributed by atoms with E-state index in [0.717, 1.165) is 13.1 Å². The maximum absolute atomic E-state index is 10.7. The Morgan fingerprint density at radius 2 is 1.50 bits per heavy atom. The molecule has 24 heavy (non-hydrogen) atoms. The molecule has 0 aromatic rings. The molecule has 0 amide bonds. The minimum Gasteiger partial charge on any atom is -0.391 e. The molecule has 0 aliphatic carbocycles. The number of nitrogens with zero attached hydrogens (tertiary/aromatic N) is 1. The molecule has 0 spiro atoms. The van der Waals surface area contributed by atoms with Crippen LogP contribution in [0.1, 0.15) is 61.8 Å². The number of hydrogen-bond acceptors (Lipinski definition) is 4. The summed E-state index contributed by atoms with van der Waals surface area (Å²) in [5.74, 6) is 1.46. The van der Waals surface area contributed by atoms with Gasteiger partial charge in [-0.15, -0.1) is 0 Å². The second-order valence-corrected chi connectivity index (χ2v) is 5.38. The van der Waals surface area contributed by atoms with E-state index in [9.17, 15) is 9.59 Å². The van der Waals surface area contributed by atoms with Crippen LogP contribution in [0.15, 0.2) is 24.6 Å². The number of ketones is 2. The topological polar surface area (TPSA) is 49.4 Å². The lowest BCUT2D eigenvalue weighted by molar-refractivity contribution is -0.118. The lowest BCUT2D eigenvalue weighted by Gasteiger charge is -2.09. The largest absolute Gasteiger partial charge is 0.391 e. The fourth-order valence-corrected chi connectivity index (χ4v) is 2.26. The zero-order valence-corrected chi connectivity index (χ0v) is 16.1. The van der Waals surface area contributed by atoms with Crippen LogP contribution in [0.4, 0.5) is 0 Å². The van der Waals surface area contributed by atoms with E-state index in [0.29, 0.717) is 24.7 Å². The average molecular weight is 341 g/mol. The van der Waals surface area contributed by atoms with Crippen molar-refractivity contribution in [3.8, 4) is 0 Å². The van der Waals surface area contributed by atoms with Crippen LogP contribution >= 0.6 is 0 Å². The first-order valence-corrected chi connectivity index (χ1v) is 8.75. The van der Waals surface area contributed by atoms with Crippen molar-refractivity contribution in [2.75, 3.05) is 20.1 Å². The molecule has 2 atom stereocenters. The van der Waals surface area contributed by atoms with E-state index >= 15 is 0 Å². The summed E-state index contributed by atoms with van der Waals surface area (Å²) in [6.45, 7) is 13.2. The summed E-state index contributed by atoms with van der Waals surface area (Å²) < 4.78 is 0. The van der Waals surface area contributed by atoms with Gasteiger partial charge >= 0.3 is 0 Å². The SMILES string of the molecule is C.CC.CC.CC(=O)CC1C=CN(C)C1.CC(=O)CC1C=CNC1. The van der Waals surface area contributed by atoms with Crippen molar-refractivity contribution in [2.45, 2.75) is 61.8 Å². The molecule has 2 aliphatic heterocycles. The summed E-state index contributed by atoms with van der Waals surface area (Å²) in [5, 5.41) is 3.04. The minimum absolute atomic E-state index is 0. The van der Waals surface area contributed by atoms with Gasteiger partial charge in [0, 0.05) is 44.8 Å². The van der Waals surface area contributed by atoms with Crippen molar-refractivity contribution in [1.82, 2.24) is 10.2 Å². The summed E-state index contributed by atoms with van der Waals surface area (Å²) in [4.78, 5) is 23.3. The van der Waals surface area contributed by atoms with Gasteiger partial charge in [0.25, 0.3) is 0 Å².